The summed E-state index contributed by atoms with van der Waals surface area (Å²) in [7, 11) is -2.17. The van der Waals surface area contributed by atoms with Crippen LogP contribution in [0.5, 0.6) is 0 Å². The standard InChI is InChI=1S/BH3O3.H3P/c2-1(3)4;/h2-4H;1H3. The first kappa shape index (κ1) is 9.03. The maximum Gasteiger partial charge on any atom is 0.631 e. The fourth-order valence-corrected chi connectivity index (χ4v) is 0. The van der Waals surface area contributed by atoms with Crippen LogP contribution in [0.25, 0.3) is 0 Å². The van der Waals surface area contributed by atoms with E-state index in [1.54, 1.807) is 0 Å². The number of hydrogen-bond donors (Lipinski definition) is 3. The molecule has 0 fully saturated rings. The van der Waals surface area contributed by atoms with Crippen LogP contribution in [0.2, 0.25) is 0 Å². The lowest BCUT2D eigenvalue weighted by Crippen LogP contribution is -2.07. The molecule has 1 atom stereocenters. The first-order valence-electron chi connectivity index (χ1n) is 0.775. The zero-order valence-electron chi connectivity index (χ0n) is 2.63. The van der Waals surface area contributed by atoms with Crippen molar-refractivity contribution in [3.8, 4) is 0 Å². The normalized spacial score (nSPS) is 5.40. The van der Waals surface area contributed by atoms with Gasteiger partial charge in [0.05, 0.1) is 0 Å². The minimum absolute atomic E-state index is 0. The van der Waals surface area contributed by atoms with E-state index in [0.717, 1.165) is 0 Å². The second-order valence-corrected chi connectivity index (χ2v) is 0.346. The van der Waals surface area contributed by atoms with Gasteiger partial charge in [0.1, 0.15) is 0 Å². The summed E-state index contributed by atoms with van der Waals surface area (Å²) in [6.07, 6.45) is 0. The summed E-state index contributed by atoms with van der Waals surface area (Å²) >= 11 is 0. The number of hydrogen-bond acceptors (Lipinski definition) is 3. The zero-order valence-corrected chi connectivity index (χ0v) is 4.04. The summed E-state index contributed by atoms with van der Waals surface area (Å²) in [6, 6.07) is 0. The van der Waals surface area contributed by atoms with Crippen LogP contribution in [0.1, 0.15) is 0 Å². The third-order valence-electron chi connectivity index (χ3n) is 0. The Bertz CT molecular complexity index is 11.6. The average Bonchev–Trinajstić information content (AvgIpc) is 0.811. The third kappa shape index (κ3) is 176. The monoisotopic (exact) mass is 96.0 g/mol. The largest absolute Gasteiger partial charge is 0.631 e. The number of rotatable bonds is 0. The van der Waals surface area contributed by atoms with Crippen molar-refractivity contribution >= 4 is 17.2 Å². The average molecular weight is 95.8 g/mol. The Morgan fingerprint density at radius 1 is 1.00 bits per heavy atom. The van der Waals surface area contributed by atoms with Crippen LogP contribution in [0, 0.1) is 0 Å². The minimum atomic E-state index is -2.17. The molecule has 0 aliphatic carbocycles. The lowest BCUT2D eigenvalue weighted by atomic mass is 10.3. The van der Waals surface area contributed by atoms with E-state index in [0.29, 0.717) is 0 Å². The molecule has 3 nitrogen and oxygen atoms in total. The molecule has 0 spiro atoms. The molecule has 0 saturated carbocycles. The van der Waals surface area contributed by atoms with Gasteiger partial charge in [0.2, 0.25) is 0 Å². The summed E-state index contributed by atoms with van der Waals surface area (Å²) in [5.74, 6) is 0. The predicted molar refractivity (Wildman–Crippen MR) is 23.5 cm³/mol. The molecule has 5 heteroatoms. The molecule has 0 aromatic heterocycles. The molecule has 32 valence electrons. The minimum Gasteiger partial charge on any atom is -0.402 e. The second-order valence-electron chi connectivity index (χ2n) is 0.346. The van der Waals surface area contributed by atoms with Crippen molar-refractivity contribution in [2.24, 2.45) is 0 Å². The highest BCUT2D eigenvalue weighted by atomic mass is 31.0. The molecule has 0 heterocycles. The Morgan fingerprint density at radius 2 is 1.00 bits per heavy atom. The highest BCUT2D eigenvalue weighted by molar-refractivity contribution is 6.92. The van der Waals surface area contributed by atoms with Gasteiger partial charge in [-0.25, -0.2) is 0 Å². The Kier molecular flexibility index (Phi) is 7.90. The molecule has 0 aromatic carbocycles. The van der Waals surface area contributed by atoms with E-state index in [1.165, 1.54) is 0 Å². The van der Waals surface area contributed by atoms with Gasteiger partial charge in [-0.2, -0.15) is 9.90 Å². The van der Waals surface area contributed by atoms with Crippen LogP contribution in [0.4, 0.5) is 0 Å². The molecule has 0 radical (unpaired) electrons. The van der Waals surface area contributed by atoms with Gasteiger partial charge in [-0.05, 0) is 0 Å². The highest BCUT2D eigenvalue weighted by Gasteiger charge is 1.92. The molecule has 0 rings (SSSR count). The van der Waals surface area contributed by atoms with E-state index in [9.17, 15) is 0 Å². The van der Waals surface area contributed by atoms with Crippen LogP contribution < -0.4 is 0 Å². The molecule has 0 bridgehead atoms. The van der Waals surface area contributed by atoms with E-state index in [1.807, 2.05) is 0 Å². The first-order chi connectivity index (χ1) is 1.73. The van der Waals surface area contributed by atoms with Crippen molar-refractivity contribution in [1.82, 2.24) is 0 Å². The van der Waals surface area contributed by atoms with E-state index in [-0.39, 0.29) is 9.90 Å². The molecule has 5 heavy (non-hydrogen) atoms. The van der Waals surface area contributed by atoms with Crippen LogP contribution in [-0.4, -0.2) is 22.4 Å². The van der Waals surface area contributed by atoms with Crippen LogP contribution in [0.15, 0.2) is 0 Å². The summed E-state index contributed by atoms with van der Waals surface area (Å²) < 4.78 is 0. The first-order valence-corrected chi connectivity index (χ1v) is 0.775. The maximum absolute atomic E-state index is 7.17. The third-order valence-corrected chi connectivity index (χ3v) is 0. The van der Waals surface area contributed by atoms with Crippen molar-refractivity contribution in [3.63, 3.8) is 0 Å². The maximum atomic E-state index is 7.17. The molecule has 3 N–H and O–H groups in total. The Morgan fingerprint density at radius 3 is 1.00 bits per heavy atom. The van der Waals surface area contributed by atoms with E-state index < -0.39 is 7.32 Å². The van der Waals surface area contributed by atoms with E-state index in [2.05, 4.69) is 0 Å². The van der Waals surface area contributed by atoms with Gasteiger partial charge in [-0.1, -0.05) is 0 Å². The molecule has 1 unspecified atom stereocenters. The van der Waals surface area contributed by atoms with Crippen LogP contribution in [-0.2, 0) is 0 Å². The fraction of sp³-hybridized carbons (Fsp3) is 0. The van der Waals surface area contributed by atoms with E-state index >= 15 is 0 Å². The zero-order chi connectivity index (χ0) is 3.58. The molecular formula is H6BO3P. The molecule has 0 amide bonds. The van der Waals surface area contributed by atoms with Crippen molar-refractivity contribution < 1.29 is 15.1 Å². The SMILES string of the molecule is OB(O)O.P. The Balaban J connectivity index is 0. The van der Waals surface area contributed by atoms with Gasteiger partial charge in [-0.3, -0.25) is 0 Å². The van der Waals surface area contributed by atoms with Crippen molar-refractivity contribution in [2.45, 2.75) is 0 Å². The molecule has 0 aliphatic rings. The predicted octanol–water partition coefficient (Wildman–Crippen LogP) is -1.99. The Labute approximate surface area is 33.4 Å². The van der Waals surface area contributed by atoms with Gasteiger partial charge in [-0.15, -0.1) is 0 Å². The topological polar surface area (TPSA) is 60.7 Å². The van der Waals surface area contributed by atoms with Gasteiger partial charge in [0.25, 0.3) is 0 Å². The lowest BCUT2D eigenvalue weighted by Gasteiger charge is -1.69. The van der Waals surface area contributed by atoms with Gasteiger partial charge in [0, 0.05) is 0 Å². The van der Waals surface area contributed by atoms with Crippen LogP contribution >= 0.6 is 9.90 Å². The van der Waals surface area contributed by atoms with Crippen molar-refractivity contribution in [2.75, 3.05) is 0 Å². The molecule has 0 aromatic rings. The highest BCUT2D eigenvalue weighted by Crippen LogP contribution is 1.40. The van der Waals surface area contributed by atoms with Crippen molar-refractivity contribution in [3.05, 3.63) is 0 Å². The molecular weight excluding hydrogens is 89.8 g/mol. The van der Waals surface area contributed by atoms with Crippen LogP contribution in [0.3, 0.4) is 0 Å². The van der Waals surface area contributed by atoms with Gasteiger partial charge in [0.15, 0.2) is 0 Å². The van der Waals surface area contributed by atoms with Gasteiger partial charge >= 0.3 is 7.32 Å². The summed E-state index contributed by atoms with van der Waals surface area (Å²) in [5, 5.41) is 21.5. The quantitative estimate of drug-likeness (QED) is 0.241. The molecule has 0 aliphatic heterocycles. The summed E-state index contributed by atoms with van der Waals surface area (Å²) in [4.78, 5) is 0. The van der Waals surface area contributed by atoms with Crippen molar-refractivity contribution in [1.29, 1.82) is 0 Å². The second kappa shape index (κ2) is 4.37. The van der Waals surface area contributed by atoms with Gasteiger partial charge < -0.3 is 15.1 Å². The fourth-order valence-electron chi connectivity index (χ4n) is 0. The molecule has 0 saturated heterocycles. The Hall–Kier alpha value is 0.375. The summed E-state index contributed by atoms with van der Waals surface area (Å²) in [6.45, 7) is 0. The summed E-state index contributed by atoms with van der Waals surface area (Å²) in [5.41, 5.74) is 0. The smallest absolute Gasteiger partial charge is 0.402 e. The van der Waals surface area contributed by atoms with E-state index in [4.69, 9.17) is 15.1 Å². The lowest BCUT2D eigenvalue weighted by molar-refractivity contribution is 0.278.